The number of hydrogen-bond acceptors (Lipinski definition) is 3. The Hall–Kier alpha value is -1.71. The van der Waals surface area contributed by atoms with Crippen LogP contribution in [0.5, 0.6) is 11.5 Å². The van der Waals surface area contributed by atoms with Gasteiger partial charge in [-0.1, -0.05) is 23.7 Å². The molecule has 23 heavy (non-hydrogen) atoms. The first-order chi connectivity index (χ1) is 11.2. The zero-order chi connectivity index (χ0) is 16.2. The fourth-order valence-electron chi connectivity index (χ4n) is 3.27. The summed E-state index contributed by atoms with van der Waals surface area (Å²) in [7, 11) is 3.37. The summed E-state index contributed by atoms with van der Waals surface area (Å²) in [6.45, 7) is 1.99. The van der Waals surface area contributed by atoms with Crippen LogP contribution in [-0.4, -0.2) is 25.7 Å². The molecule has 0 aromatic heterocycles. The first-order valence-corrected chi connectivity index (χ1v) is 8.29. The van der Waals surface area contributed by atoms with Gasteiger partial charge in [-0.15, -0.1) is 0 Å². The van der Waals surface area contributed by atoms with Crippen molar-refractivity contribution in [1.29, 1.82) is 0 Å². The van der Waals surface area contributed by atoms with Crippen LogP contribution in [0, 0.1) is 0 Å². The standard InChI is InChI=1S/C19H22ClNO2/c1-22-17-10-14(11-18(12-17)23-2)13-21-9-3-4-19(21)15-5-7-16(20)8-6-15/h5-8,10-12,19H,3-4,9,13H2,1-2H3. The number of likely N-dealkylation sites (tertiary alicyclic amines) is 1. The van der Waals surface area contributed by atoms with Gasteiger partial charge in [-0.25, -0.2) is 0 Å². The Morgan fingerprint density at radius 3 is 2.30 bits per heavy atom. The molecule has 1 unspecified atom stereocenters. The lowest BCUT2D eigenvalue weighted by molar-refractivity contribution is 0.247. The van der Waals surface area contributed by atoms with E-state index >= 15 is 0 Å². The molecule has 122 valence electrons. The quantitative estimate of drug-likeness (QED) is 0.793. The van der Waals surface area contributed by atoms with Gasteiger partial charge in [0.15, 0.2) is 0 Å². The molecule has 0 spiro atoms. The Kier molecular flexibility index (Phi) is 5.09. The molecular weight excluding hydrogens is 310 g/mol. The van der Waals surface area contributed by atoms with Crippen molar-refractivity contribution in [3.8, 4) is 11.5 Å². The Morgan fingerprint density at radius 1 is 1.04 bits per heavy atom. The van der Waals surface area contributed by atoms with E-state index in [0.29, 0.717) is 6.04 Å². The fourth-order valence-corrected chi connectivity index (χ4v) is 3.40. The van der Waals surface area contributed by atoms with Gasteiger partial charge in [0.05, 0.1) is 14.2 Å². The van der Waals surface area contributed by atoms with E-state index in [0.717, 1.165) is 29.6 Å². The van der Waals surface area contributed by atoms with Crippen LogP contribution in [0.2, 0.25) is 5.02 Å². The molecule has 1 aliphatic heterocycles. The first-order valence-electron chi connectivity index (χ1n) is 7.91. The Morgan fingerprint density at radius 2 is 1.70 bits per heavy atom. The smallest absolute Gasteiger partial charge is 0.122 e. The van der Waals surface area contributed by atoms with E-state index in [1.807, 2.05) is 18.2 Å². The second-order valence-corrected chi connectivity index (χ2v) is 6.34. The average molecular weight is 332 g/mol. The highest BCUT2D eigenvalue weighted by atomic mass is 35.5. The Balaban J connectivity index is 1.80. The van der Waals surface area contributed by atoms with Gasteiger partial charge in [-0.3, -0.25) is 4.90 Å². The number of benzene rings is 2. The first kappa shape index (κ1) is 16.2. The van der Waals surface area contributed by atoms with E-state index in [2.05, 4.69) is 29.2 Å². The topological polar surface area (TPSA) is 21.7 Å². The number of methoxy groups -OCH3 is 2. The number of rotatable bonds is 5. The van der Waals surface area contributed by atoms with Crippen LogP contribution < -0.4 is 9.47 Å². The SMILES string of the molecule is COc1cc(CN2CCCC2c2ccc(Cl)cc2)cc(OC)c1. The predicted molar refractivity (Wildman–Crippen MR) is 93.4 cm³/mol. The highest BCUT2D eigenvalue weighted by molar-refractivity contribution is 6.30. The summed E-state index contributed by atoms with van der Waals surface area (Å²) < 4.78 is 10.7. The van der Waals surface area contributed by atoms with E-state index in [4.69, 9.17) is 21.1 Å². The largest absolute Gasteiger partial charge is 0.497 e. The van der Waals surface area contributed by atoms with Gasteiger partial charge in [-0.2, -0.15) is 0 Å². The van der Waals surface area contributed by atoms with Crippen molar-refractivity contribution < 1.29 is 9.47 Å². The van der Waals surface area contributed by atoms with Crippen molar-refractivity contribution in [3.05, 3.63) is 58.6 Å². The molecule has 2 aromatic carbocycles. The maximum absolute atomic E-state index is 6.01. The number of hydrogen-bond donors (Lipinski definition) is 0. The summed E-state index contributed by atoms with van der Waals surface area (Å²) in [5.41, 5.74) is 2.55. The van der Waals surface area contributed by atoms with Gasteiger partial charge in [0.25, 0.3) is 0 Å². The summed E-state index contributed by atoms with van der Waals surface area (Å²) >= 11 is 6.01. The monoisotopic (exact) mass is 331 g/mol. The van der Waals surface area contributed by atoms with Crippen LogP contribution >= 0.6 is 11.6 Å². The van der Waals surface area contributed by atoms with Crippen LogP contribution in [-0.2, 0) is 6.54 Å². The molecule has 0 amide bonds. The van der Waals surface area contributed by atoms with Crippen molar-refractivity contribution >= 4 is 11.6 Å². The summed E-state index contributed by atoms with van der Waals surface area (Å²) in [5.74, 6) is 1.67. The van der Waals surface area contributed by atoms with Crippen molar-refractivity contribution in [1.82, 2.24) is 4.90 Å². The summed E-state index contributed by atoms with van der Waals surface area (Å²) in [4.78, 5) is 2.51. The molecule has 0 N–H and O–H groups in total. The third-order valence-corrected chi connectivity index (χ3v) is 4.67. The van der Waals surface area contributed by atoms with Crippen molar-refractivity contribution in [2.45, 2.75) is 25.4 Å². The molecule has 1 atom stereocenters. The molecule has 3 rings (SSSR count). The molecule has 2 aromatic rings. The number of ether oxygens (including phenoxy) is 2. The van der Waals surface area contributed by atoms with E-state index in [1.165, 1.54) is 24.0 Å². The molecule has 0 saturated carbocycles. The van der Waals surface area contributed by atoms with Crippen molar-refractivity contribution in [2.24, 2.45) is 0 Å². The summed E-state index contributed by atoms with van der Waals surface area (Å²) in [6.07, 6.45) is 2.40. The van der Waals surface area contributed by atoms with E-state index in [-0.39, 0.29) is 0 Å². The zero-order valence-corrected chi connectivity index (χ0v) is 14.3. The molecule has 1 saturated heterocycles. The maximum Gasteiger partial charge on any atom is 0.122 e. The lowest BCUT2D eigenvalue weighted by Gasteiger charge is -2.25. The summed E-state index contributed by atoms with van der Waals surface area (Å²) in [6, 6.07) is 14.7. The minimum atomic E-state index is 0.449. The molecule has 0 radical (unpaired) electrons. The lowest BCUT2D eigenvalue weighted by atomic mass is 10.0. The molecule has 0 bridgehead atoms. The highest BCUT2D eigenvalue weighted by Gasteiger charge is 2.26. The lowest BCUT2D eigenvalue weighted by Crippen LogP contribution is -2.22. The third-order valence-electron chi connectivity index (χ3n) is 4.42. The van der Waals surface area contributed by atoms with E-state index < -0.39 is 0 Å². The molecule has 1 heterocycles. The van der Waals surface area contributed by atoms with E-state index in [1.54, 1.807) is 14.2 Å². The fraction of sp³-hybridized carbons (Fsp3) is 0.368. The molecular formula is C19H22ClNO2. The van der Waals surface area contributed by atoms with Gasteiger partial charge in [-0.05, 0) is 54.8 Å². The van der Waals surface area contributed by atoms with Crippen LogP contribution in [0.4, 0.5) is 0 Å². The highest BCUT2D eigenvalue weighted by Crippen LogP contribution is 2.34. The van der Waals surface area contributed by atoms with Crippen molar-refractivity contribution in [3.63, 3.8) is 0 Å². The van der Waals surface area contributed by atoms with E-state index in [9.17, 15) is 0 Å². The predicted octanol–water partition coefficient (Wildman–Crippen LogP) is 4.69. The molecule has 1 fully saturated rings. The van der Waals surface area contributed by atoms with Gasteiger partial charge >= 0.3 is 0 Å². The Bertz CT molecular complexity index is 635. The zero-order valence-electron chi connectivity index (χ0n) is 13.6. The molecule has 3 nitrogen and oxygen atoms in total. The molecule has 1 aliphatic rings. The van der Waals surface area contributed by atoms with Gasteiger partial charge in [0, 0.05) is 23.7 Å². The van der Waals surface area contributed by atoms with Gasteiger partial charge in [0.2, 0.25) is 0 Å². The maximum atomic E-state index is 6.01. The summed E-state index contributed by atoms with van der Waals surface area (Å²) in [5, 5.41) is 0.788. The van der Waals surface area contributed by atoms with Crippen molar-refractivity contribution in [2.75, 3.05) is 20.8 Å². The normalized spacial score (nSPS) is 18.1. The number of halogens is 1. The van der Waals surface area contributed by atoms with Crippen LogP contribution in [0.1, 0.15) is 30.0 Å². The number of nitrogens with zero attached hydrogens (tertiary/aromatic N) is 1. The van der Waals surface area contributed by atoms with Gasteiger partial charge in [0.1, 0.15) is 11.5 Å². The van der Waals surface area contributed by atoms with Gasteiger partial charge < -0.3 is 9.47 Å². The second kappa shape index (κ2) is 7.24. The van der Waals surface area contributed by atoms with Crippen LogP contribution in [0.15, 0.2) is 42.5 Å². The second-order valence-electron chi connectivity index (χ2n) is 5.90. The van der Waals surface area contributed by atoms with Crippen LogP contribution in [0.25, 0.3) is 0 Å². The minimum Gasteiger partial charge on any atom is -0.497 e. The minimum absolute atomic E-state index is 0.449. The molecule has 4 heteroatoms. The van der Waals surface area contributed by atoms with Crippen LogP contribution in [0.3, 0.4) is 0 Å². The average Bonchev–Trinajstić information content (AvgIpc) is 3.03. The Labute approximate surface area is 142 Å². The third kappa shape index (κ3) is 3.80. The molecule has 0 aliphatic carbocycles.